The Morgan fingerprint density at radius 2 is 1.92 bits per heavy atom. The molecule has 0 fully saturated rings. The molecule has 0 saturated heterocycles. The average molecular weight is 153 g/mol. The fraction of sp³-hybridized carbons (Fsp3) is 0. The highest BCUT2D eigenvalue weighted by Crippen LogP contribution is 2.15. The number of nitrogens with zero attached hydrogens (tertiary/aromatic N) is 1. The van der Waals surface area contributed by atoms with Crippen LogP contribution < -0.4 is 0 Å². The standard InChI is InChI=1S/C11H7N/c1-2-5-10(6-3-1)11-7-4-8-12-9-11/h1-3,5-8H. The molecule has 0 amide bonds. The molecule has 0 aliphatic heterocycles. The molecule has 12 heavy (non-hydrogen) atoms. The maximum atomic E-state index is 3.88. The second-order valence-electron chi connectivity index (χ2n) is 2.46. The molecule has 1 nitrogen and oxygen atoms in total. The molecular formula is C11H7N. The van der Waals surface area contributed by atoms with Gasteiger partial charge in [-0.3, -0.25) is 4.98 Å². The lowest BCUT2D eigenvalue weighted by molar-refractivity contribution is 1.31. The van der Waals surface area contributed by atoms with Crippen LogP contribution in [0.2, 0.25) is 0 Å². The van der Waals surface area contributed by atoms with Crippen LogP contribution in [0.25, 0.3) is 11.1 Å². The van der Waals surface area contributed by atoms with Crippen LogP contribution in [-0.4, -0.2) is 4.98 Å². The summed E-state index contributed by atoms with van der Waals surface area (Å²) in [7, 11) is 0. The highest BCUT2D eigenvalue weighted by molar-refractivity contribution is 5.60. The molecule has 2 radical (unpaired) electrons. The van der Waals surface area contributed by atoms with Gasteiger partial charge in [0.05, 0.1) is 6.20 Å². The van der Waals surface area contributed by atoms with Crippen molar-refractivity contribution in [3.8, 4) is 11.1 Å². The Morgan fingerprint density at radius 1 is 1.08 bits per heavy atom. The molecule has 2 aromatic rings. The van der Waals surface area contributed by atoms with Gasteiger partial charge in [0, 0.05) is 17.8 Å². The van der Waals surface area contributed by atoms with Gasteiger partial charge in [-0.1, -0.05) is 30.3 Å². The molecule has 1 heterocycles. The van der Waals surface area contributed by atoms with Gasteiger partial charge >= 0.3 is 0 Å². The maximum Gasteiger partial charge on any atom is 0.0971 e. The lowest BCUT2D eigenvalue weighted by atomic mass is 10.1. The molecule has 1 heteroatoms. The zero-order valence-electron chi connectivity index (χ0n) is 6.49. The van der Waals surface area contributed by atoms with Gasteiger partial charge in [-0.2, -0.15) is 0 Å². The van der Waals surface area contributed by atoms with Crippen molar-refractivity contribution >= 4 is 0 Å². The van der Waals surface area contributed by atoms with E-state index in [1.54, 1.807) is 6.20 Å². The number of rotatable bonds is 1. The molecule has 0 saturated carbocycles. The first-order valence-electron chi connectivity index (χ1n) is 3.76. The fourth-order valence-corrected chi connectivity index (χ4v) is 1.06. The summed E-state index contributed by atoms with van der Waals surface area (Å²) < 4.78 is 0. The minimum absolute atomic E-state index is 0.984. The van der Waals surface area contributed by atoms with Crippen LogP contribution in [0.4, 0.5) is 0 Å². The zero-order valence-corrected chi connectivity index (χ0v) is 6.49. The van der Waals surface area contributed by atoms with Gasteiger partial charge in [0.25, 0.3) is 0 Å². The third kappa shape index (κ3) is 1.35. The molecule has 0 N–H and O–H groups in total. The van der Waals surface area contributed by atoms with Crippen LogP contribution in [0.15, 0.2) is 42.6 Å². The van der Waals surface area contributed by atoms with E-state index in [4.69, 9.17) is 0 Å². The smallest absolute Gasteiger partial charge is 0.0971 e. The summed E-state index contributed by atoms with van der Waals surface area (Å²) >= 11 is 0. The molecule has 56 valence electrons. The molecular weight excluding hydrogens is 146 g/mol. The quantitative estimate of drug-likeness (QED) is 0.612. The van der Waals surface area contributed by atoms with Gasteiger partial charge in [0.15, 0.2) is 0 Å². The minimum atomic E-state index is 0.984. The predicted octanol–water partition coefficient (Wildman–Crippen LogP) is 2.35. The van der Waals surface area contributed by atoms with Crippen LogP contribution in [-0.2, 0) is 0 Å². The van der Waals surface area contributed by atoms with Crippen molar-refractivity contribution in [3.63, 3.8) is 0 Å². The molecule has 0 unspecified atom stereocenters. The average Bonchev–Trinajstić information content (AvgIpc) is 2.21. The van der Waals surface area contributed by atoms with Gasteiger partial charge in [0.2, 0.25) is 0 Å². The summed E-state index contributed by atoms with van der Waals surface area (Å²) in [5.74, 6) is 0. The van der Waals surface area contributed by atoms with Crippen LogP contribution in [0.1, 0.15) is 0 Å². The van der Waals surface area contributed by atoms with E-state index in [-0.39, 0.29) is 0 Å². The number of hydrogen-bond donors (Lipinski definition) is 0. The molecule has 0 aliphatic rings. The molecule has 1 aromatic carbocycles. The predicted molar refractivity (Wildman–Crippen MR) is 47.3 cm³/mol. The van der Waals surface area contributed by atoms with Gasteiger partial charge in [-0.05, 0) is 11.6 Å². The SMILES string of the molecule is [c]1cn[c]c(-c2ccccc2)c1. The normalized spacial score (nSPS) is 9.67. The van der Waals surface area contributed by atoms with Crippen LogP contribution in [0.5, 0.6) is 0 Å². The Bertz CT molecular complexity index is 302. The van der Waals surface area contributed by atoms with E-state index in [2.05, 4.69) is 17.2 Å². The van der Waals surface area contributed by atoms with Crippen LogP contribution in [0, 0.1) is 12.3 Å². The minimum Gasteiger partial charge on any atom is -0.253 e. The Morgan fingerprint density at radius 3 is 2.58 bits per heavy atom. The van der Waals surface area contributed by atoms with E-state index in [9.17, 15) is 0 Å². The van der Waals surface area contributed by atoms with E-state index in [1.807, 2.05) is 36.4 Å². The molecule has 0 aliphatic carbocycles. The molecule has 2 rings (SSSR count). The Kier molecular flexibility index (Phi) is 1.87. The van der Waals surface area contributed by atoms with Gasteiger partial charge < -0.3 is 0 Å². The fourth-order valence-electron chi connectivity index (χ4n) is 1.06. The highest BCUT2D eigenvalue weighted by Gasteiger charge is 1.93. The second-order valence-corrected chi connectivity index (χ2v) is 2.46. The van der Waals surface area contributed by atoms with Crippen molar-refractivity contribution in [2.75, 3.05) is 0 Å². The summed E-state index contributed by atoms with van der Waals surface area (Å²) in [6.07, 6.45) is 4.51. The summed E-state index contributed by atoms with van der Waals surface area (Å²) in [5.41, 5.74) is 2.11. The third-order valence-electron chi connectivity index (χ3n) is 1.64. The van der Waals surface area contributed by atoms with E-state index < -0.39 is 0 Å². The zero-order chi connectivity index (χ0) is 8.23. The van der Waals surface area contributed by atoms with Crippen LogP contribution in [0.3, 0.4) is 0 Å². The monoisotopic (exact) mass is 153 g/mol. The summed E-state index contributed by atoms with van der Waals surface area (Å²) in [4.78, 5) is 3.88. The van der Waals surface area contributed by atoms with Gasteiger partial charge in [0.1, 0.15) is 0 Å². The van der Waals surface area contributed by atoms with Crippen LogP contribution >= 0.6 is 0 Å². The summed E-state index contributed by atoms with van der Waals surface area (Å²) in [6.45, 7) is 0. The molecule has 0 bridgehead atoms. The van der Waals surface area contributed by atoms with Gasteiger partial charge in [-0.15, -0.1) is 0 Å². The maximum absolute atomic E-state index is 3.88. The first-order valence-corrected chi connectivity index (χ1v) is 3.76. The number of aromatic nitrogens is 1. The van der Waals surface area contributed by atoms with Crippen molar-refractivity contribution in [2.24, 2.45) is 0 Å². The molecule has 1 aromatic heterocycles. The van der Waals surface area contributed by atoms with E-state index >= 15 is 0 Å². The largest absolute Gasteiger partial charge is 0.253 e. The van der Waals surface area contributed by atoms with Crippen molar-refractivity contribution in [2.45, 2.75) is 0 Å². The lowest BCUT2D eigenvalue weighted by Crippen LogP contribution is -1.77. The van der Waals surface area contributed by atoms with E-state index in [0.717, 1.165) is 11.1 Å². The van der Waals surface area contributed by atoms with Crippen molar-refractivity contribution in [1.29, 1.82) is 0 Å². The molecule has 0 atom stereocenters. The first-order chi connectivity index (χ1) is 5.97. The summed E-state index contributed by atoms with van der Waals surface area (Å²) in [6, 6.07) is 14.8. The first kappa shape index (κ1) is 7.04. The second kappa shape index (κ2) is 3.18. The Hall–Kier alpha value is -1.63. The Labute approximate surface area is 71.7 Å². The van der Waals surface area contributed by atoms with Gasteiger partial charge in [-0.25, -0.2) is 0 Å². The number of benzene rings is 1. The van der Waals surface area contributed by atoms with Crippen molar-refractivity contribution in [1.82, 2.24) is 4.98 Å². The third-order valence-corrected chi connectivity index (χ3v) is 1.64. The Balaban J connectivity index is 2.46. The molecule has 0 spiro atoms. The van der Waals surface area contributed by atoms with Crippen molar-refractivity contribution < 1.29 is 0 Å². The number of hydrogen-bond acceptors (Lipinski definition) is 1. The van der Waals surface area contributed by atoms with E-state index in [0.29, 0.717) is 0 Å². The lowest BCUT2D eigenvalue weighted by Gasteiger charge is -1.96. The number of pyridine rings is 1. The van der Waals surface area contributed by atoms with Crippen molar-refractivity contribution in [3.05, 3.63) is 54.9 Å². The van der Waals surface area contributed by atoms with E-state index in [1.165, 1.54) is 0 Å². The topological polar surface area (TPSA) is 12.9 Å². The summed E-state index contributed by atoms with van der Waals surface area (Å²) in [5, 5.41) is 0. The highest BCUT2D eigenvalue weighted by atomic mass is 14.6.